The summed E-state index contributed by atoms with van der Waals surface area (Å²) in [6, 6.07) is 3.78. The molecule has 0 bridgehead atoms. The van der Waals surface area contributed by atoms with Crippen molar-refractivity contribution in [3.05, 3.63) is 23.3 Å². The monoisotopic (exact) mass is 268 g/mol. The average Bonchev–Trinajstić information content (AvgIpc) is 2.27. The van der Waals surface area contributed by atoms with Crippen molar-refractivity contribution < 1.29 is 8.42 Å². The topological polar surface area (TPSA) is 58.2 Å². The first-order chi connectivity index (χ1) is 8.44. The normalized spacial score (nSPS) is 21.2. The van der Waals surface area contributed by atoms with Crippen molar-refractivity contribution in [2.75, 3.05) is 24.7 Å². The second-order valence-corrected chi connectivity index (χ2v) is 6.97. The molecule has 0 radical (unpaired) electrons. The fourth-order valence-electron chi connectivity index (χ4n) is 2.43. The van der Waals surface area contributed by atoms with Gasteiger partial charge in [-0.2, -0.15) is 0 Å². The van der Waals surface area contributed by atoms with E-state index in [1.165, 1.54) is 0 Å². The number of fused-ring (bicyclic) bond motifs is 1. The Morgan fingerprint density at radius 1 is 1.39 bits per heavy atom. The Labute approximate surface area is 109 Å². The van der Waals surface area contributed by atoms with E-state index in [0.717, 1.165) is 29.8 Å². The number of rotatable bonds is 3. The summed E-state index contributed by atoms with van der Waals surface area (Å²) in [4.78, 5) is 0.459. The molecule has 1 aromatic carbocycles. The van der Waals surface area contributed by atoms with Gasteiger partial charge in [0.1, 0.15) is 0 Å². The van der Waals surface area contributed by atoms with Crippen molar-refractivity contribution in [3.63, 3.8) is 0 Å². The quantitative estimate of drug-likeness (QED) is 0.872. The molecule has 0 spiro atoms. The molecule has 100 valence electrons. The van der Waals surface area contributed by atoms with Crippen molar-refractivity contribution >= 4 is 15.5 Å². The van der Waals surface area contributed by atoms with Gasteiger partial charge in [0, 0.05) is 6.04 Å². The molecule has 1 aromatic rings. The fraction of sp³-hybridized carbons (Fsp3) is 0.538. The number of sulfone groups is 1. The van der Waals surface area contributed by atoms with Gasteiger partial charge in [0.25, 0.3) is 0 Å². The SMILES string of the molecule is CNCCC1CS(=O)(=O)c2cc(C)cc(C)c2N1. The molecule has 0 aromatic heterocycles. The van der Waals surface area contributed by atoms with Gasteiger partial charge in [0.15, 0.2) is 9.84 Å². The lowest BCUT2D eigenvalue weighted by Crippen LogP contribution is -2.36. The molecule has 0 aliphatic carbocycles. The maximum atomic E-state index is 12.3. The molecular weight excluding hydrogens is 248 g/mol. The summed E-state index contributed by atoms with van der Waals surface area (Å²) in [6.45, 7) is 4.69. The summed E-state index contributed by atoms with van der Waals surface area (Å²) in [5.74, 6) is 0.185. The maximum absolute atomic E-state index is 12.3. The van der Waals surface area contributed by atoms with Gasteiger partial charge < -0.3 is 10.6 Å². The Bertz CT molecular complexity index is 552. The summed E-state index contributed by atoms with van der Waals surface area (Å²) in [5, 5.41) is 6.42. The molecule has 1 unspecified atom stereocenters. The van der Waals surface area contributed by atoms with Gasteiger partial charge in [-0.3, -0.25) is 0 Å². The highest BCUT2D eigenvalue weighted by Gasteiger charge is 2.30. The van der Waals surface area contributed by atoms with E-state index >= 15 is 0 Å². The predicted molar refractivity (Wildman–Crippen MR) is 73.9 cm³/mol. The van der Waals surface area contributed by atoms with Crippen molar-refractivity contribution in [1.29, 1.82) is 0 Å². The van der Waals surface area contributed by atoms with E-state index in [9.17, 15) is 8.42 Å². The van der Waals surface area contributed by atoms with Gasteiger partial charge in [-0.05, 0) is 51.1 Å². The highest BCUT2D eigenvalue weighted by Crippen LogP contribution is 2.33. The number of anilines is 1. The lowest BCUT2D eigenvalue weighted by Gasteiger charge is -2.28. The number of aryl methyl sites for hydroxylation is 2. The molecule has 2 N–H and O–H groups in total. The number of hydrogen-bond donors (Lipinski definition) is 2. The summed E-state index contributed by atoms with van der Waals surface area (Å²) in [6.07, 6.45) is 0.808. The molecule has 2 rings (SSSR count). The van der Waals surface area contributed by atoms with Crippen molar-refractivity contribution in [1.82, 2.24) is 5.32 Å². The first-order valence-electron chi connectivity index (χ1n) is 6.19. The van der Waals surface area contributed by atoms with Crippen LogP contribution in [-0.2, 0) is 9.84 Å². The van der Waals surface area contributed by atoms with Crippen LogP contribution in [-0.4, -0.2) is 33.8 Å². The Morgan fingerprint density at radius 3 is 2.78 bits per heavy atom. The first-order valence-corrected chi connectivity index (χ1v) is 7.84. The minimum atomic E-state index is -3.16. The minimum absolute atomic E-state index is 0.00337. The zero-order valence-corrected chi connectivity index (χ0v) is 11.9. The van der Waals surface area contributed by atoms with Crippen LogP contribution < -0.4 is 10.6 Å². The average molecular weight is 268 g/mol. The van der Waals surface area contributed by atoms with Crippen molar-refractivity contribution in [2.24, 2.45) is 0 Å². The molecule has 1 aliphatic rings. The van der Waals surface area contributed by atoms with Gasteiger partial charge in [-0.15, -0.1) is 0 Å². The summed E-state index contributed by atoms with van der Waals surface area (Å²) in [5.41, 5.74) is 2.78. The van der Waals surface area contributed by atoms with Crippen LogP contribution in [0.4, 0.5) is 5.69 Å². The molecule has 1 heterocycles. The van der Waals surface area contributed by atoms with E-state index in [1.807, 2.05) is 27.0 Å². The largest absolute Gasteiger partial charge is 0.380 e. The van der Waals surface area contributed by atoms with E-state index < -0.39 is 9.84 Å². The second-order valence-electron chi connectivity index (χ2n) is 4.97. The number of hydrogen-bond acceptors (Lipinski definition) is 4. The van der Waals surface area contributed by atoms with Gasteiger partial charge in [-0.1, -0.05) is 6.07 Å². The van der Waals surface area contributed by atoms with Crippen molar-refractivity contribution in [3.8, 4) is 0 Å². The lowest BCUT2D eigenvalue weighted by molar-refractivity contribution is 0.575. The molecule has 1 atom stereocenters. The van der Waals surface area contributed by atoms with E-state index in [-0.39, 0.29) is 11.8 Å². The molecule has 0 saturated carbocycles. The first kappa shape index (κ1) is 13.4. The van der Waals surface area contributed by atoms with Crippen LogP contribution >= 0.6 is 0 Å². The van der Waals surface area contributed by atoms with Crippen LogP contribution in [0.1, 0.15) is 17.5 Å². The molecular formula is C13H20N2O2S. The second kappa shape index (κ2) is 4.90. The van der Waals surface area contributed by atoms with E-state index in [2.05, 4.69) is 10.6 Å². The Morgan fingerprint density at radius 2 is 2.11 bits per heavy atom. The third-order valence-electron chi connectivity index (χ3n) is 3.29. The minimum Gasteiger partial charge on any atom is -0.380 e. The zero-order valence-electron chi connectivity index (χ0n) is 11.1. The van der Waals surface area contributed by atoms with Crippen LogP contribution in [0.3, 0.4) is 0 Å². The van der Waals surface area contributed by atoms with Gasteiger partial charge in [-0.25, -0.2) is 8.42 Å². The van der Waals surface area contributed by atoms with Gasteiger partial charge in [0.05, 0.1) is 16.3 Å². The summed E-state index contributed by atoms with van der Waals surface area (Å²) < 4.78 is 24.6. The maximum Gasteiger partial charge on any atom is 0.182 e. The van der Waals surface area contributed by atoms with Crippen LogP contribution in [0.25, 0.3) is 0 Å². The highest BCUT2D eigenvalue weighted by atomic mass is 32.2. The Kier molecular flexibility index (Phi) is 3.64. The smallest absolute Gasteiger partial charge is 0.182 e. The van der Waals surface area contributed by atoms with Crippen LogP contribution in [0, 0.1) is 13.8 Å². The molecule has 5 heteroatoms. The fourth-order valence-corrected chi connectivity index (χ4v) is 4.29. The Balaban J connectivity index is 2.41. The lowest BCUT2D eigenvalue weighted by atomic mass is 10.1. The summed E-state index contributed by atoms with van der Waals surface area (Å²) in [7, 11) is -1.28. The van der Waals surface area contributed by atoms with Crippen LogP contribution in [0.15, 0.2) is 17.0 Å². The van der Waals surface area contributed by atoms with Crippen molar-refractivity contribution in [2.45, 2.75) is 31.2 Å². The standard InChI is InChI=1S/C13H20N2O2S/c1-9-6-10(2)13-12(7-9)18(16,17)8-11(15-13)4-5-14-3/h6-7,11,14-15H,4-5,8H2,1-3H3. The summed E-state index contributed by atoms with van der Waals surface area (Å²) >= 11 is 0. The Hall–Kier alpha value is -1.07. The molecule has 0 saturated heterocycles. The number of benzene rings is 1. The van der Waals surface area contributed by atoms with Gasteiger partial charge in [0.2, 0.25) is 0 Å². The van der Waals surface area contributed by atoms with E-state index in [1.54, 1.807) is 6.07 Å². The van der Waals surface area contributed by atoms with E-state index in [4.69, 9.17) is 0 Å². The molecule has 0 fully saturated rings. The van der Waals surface area contributed by atoms with Crippen LogP contribution in [0.2, 0.25) is 0 Å². The third-order valence-corrected chi connectivity index (χ3v) is 5.12. The van der Waals surface area contributed by atoms with E-state index in [0.29, 0.717) is 4.90 Å². The van der Waals surface area contributed by atoms with Crippen LogP contribution in [0.5, 0.6) is 0 Å². The predicted octanol–water partition coefficient (Wildman–Crippen LogP) is 1.48. The molecule has 0 amide bonds. The highest BCUT2D eigenvalue weighted by molar-refractivity contribution is 7.91. The molecule has 18 heavy (non-hydrogen) atoms. The van der Waals surface area contributed by atoms with Gasteiger partial charge >= 0.3 is 0 Å². The molecule has 4 nitrogen and oxygen atoms in total. The molecule has 1 aliphatic heterocycles. The zero-order chi connectivity index (χ0) is 13.3. The third kappa shape index (κ3) is 2.52. The number of nitrogens with one attached hydrogen (secondary N) is 2.